The molecule has 7 heteroatoms. The Morgan fingerprint density at radius 2 is 1.92 bits per heavy atom. The molecule has 0 fully saturated rings. The summed E-state index contributed by atoms with van der Waals surface area (Å²) >= 11 is 0. The first kappa shape index (κ1) is 18.4. The van der Waals surface area contributed by atoms with Crippen LogP contribution in [0.25, 0.3) is 0 Å². The highest BCUT2D eigenvalue weighted by molar-refractivity contribution is 6.01. The van der Waals surface area contributed by atoms with Gasteiger partial charge in [0.15, 0.2) is 5.78 Å². The molecule has 0 aliphatic carbocycles. The van der Waals surface area contributed by atoms with E-state index in [1.54, 1.807) is 25.1 Å². The van der Waals surface area contributed by atoms with Crippen LogP contribution in [0.15, 0.2) is 24.3 Å². The Morgan fingerprint density at radius 3 is 2.52 bits per heavy atom. The zero-order chi connectivity index (χ0) is 18.6. The summed E-state index contributed by atoms with van der Waals surface area (Å²) in [4.78, 5) is 38.6. The van der Waals surface area contributed by atoms with Gasteiger partial charge in [-0.15, -0.1) is 0 Å². The minimum Gasteiger partial charge on any atom is -0.465 e. The van der Waals surface area contributed by atoms with Gasteiger partial charge in [-0.1, -0.05) is 18.2 Å². The molecule has 6 nitrogen and oxygen atoms in total. The molecule has 1 aromatic heterocycles. The van der Waals surface area contributed by atoms with E-state index in [-0.39, 0.29) is 30.0 Å². The summed E-state index contributed by atoms with van der Waals surface area (Å²) in [5.41, 5.74) is 1.53. The zero-order valence-electron chi connectivity index (χ0n) is 14.2. The second-order valence-electron chi connectivity index (χ2n) is 5.57. The van der Waals surface area contributed by atoms with Crippen LogP contribution < -0.4 is 5.32 Å². The molecule has 1 amide bonds. The van der Waals surface area contributed by atoms with Crippen molar-refractivity contribution in [3.8, 4) is 0 Å². The molecular weight excluding hydrogens is 327 g/mol. The van der Waals surface area contributed by atoms with Gasteiger partial charge in [0, 0.05) is 24.7 Å². The average molecular weight is 346 g/mol. The zero-order valence-corrected chi connectivity index (χ0v) is 14.2. The molecule has 2 N–H and O–H groups in total. The van der Waals surface area contributed by atoms with Gasteiger partial charge in [0.2, 0.25) is 5.91 Å². The van der Waals surface area contributed by atoms with Gasteiger partial charge in [0.05, 0.1) is 24.8 Å². The number of Topliss-reactive ketones (excluding diaryl/α,β-unsaturated/α-hetero) is 1. The molecular formula is C18H19FN2O4. The molecule has 0 bridgehead atoms. The topological polar surface area (TPSA) is 88.3 Å². The second-order valence-corrected chi connectivity index (χ2v) is 5.57. The molecule has 1 aromatic carbocycles. The molecule has 0 saturated carbocycles. The van der Waals surface area contributed by atoms with E-state index in [2.05, 4.69) is 10.3 Å². The van der Waals surface area contributed by atoms with Crippen LogP contribution >= 0.6 is 0 Å². The molecule has 2 rings (SSSR count). The van der Waals surface area contributed by atoms with Gasteiger partial charge in [-0.05, 0) is 18.6 Å². The lowest BCUT2D eigenvalue weighted by Crippen LogP contribution is -2.26. The largest absolute Gasteiger partial charge is 0.465 e. The quantitative estimate of drug-likeness (QED) is 0.621. The van der Waals surface area contributed by atoms with Crippen molar-refractivity contribution in [2.24, 2.45) is 0 Å². The van der Waals surface area contributed by atoms with Crippen LogP contribution in [0.5, 0.6) is 0 Å². The fraction of sp³-hybridized carbons (Fsp3) is 0.278. The molecule has 0 aliphatic heterocycles. The SMILES string of the molecule is COC(=O)c1c(CC(=O)NCc2ccccc2F)[nH]c(C(C)=O)c1C. The van der Waals surface area contributed by atoms with Gasteiger partial charge in [-0.2, -0.15) is 0 Å². The molecule has 1 heterocycles. The van der Waals surface area contributed by atoms with Gasteiger partial charge >= 0.3 is 5.97 Å². The highest BCUT2D eigenvalue weighted by Crippen LogP contribution is 2.20. The number of ketones is 1. The van der Waals surface area contributed by atoms with Crippen molar-refractivity contribution in [2.75, 3.05) is 7.11 Å². The molecule has 2 aromatic rings. The highest BCUT2D eigenvalue weighted by Gasteiger charge is 2.24. The predicted octanol–water partition coefficient (Wildman–Crippen LogP) is 2.31. The van der Waals surface area contributed by atoms with E-state index in [0.29, 0.717) is 16.8 Å². The molecule has 25 heavy (non-hydrogen) atoms. The third-order valence-corrected chi connectivity index (χ3v) is 3.84. The minimum atomic E-state index is -0.627. The number of aromatic amines is 1. The van der Waals surface area contributed by atoms with E-state index in [4.69, 9.17) is 4.74 Å². The molecule has 132 valence electrons. The van der Waals surface area contributed by atoms with Gasteiger partial charge in [0.25, 0.3) is 0 Å². The standard InChI is InChI=1S/C18H19FN2O4/c1-10-16(18(24)25-3)14(21-17(10)11(2)22)8-15(23)20-9-12-6-4-5-7-13(12)19/h4-7,21H,8-9H2,1-3H3,(H,20,23). The van der Waals surface area contributed by atoms with E-state index in [1.165, 1.54) is 20.1 Å². The summed E-state index contributed by atoms with van der Waals surface area (Å²) in [5, 5.41) is 2.59. The number of methoxy groups -OCH3 is 1. The number of nitrogens with one attached hydrogen (secondary N) is 2. The van der Waals surface area contributed by atoms with Gasteiger partial charge in [-0.25, -0.2) is 9.18 Å². The fourth-order valence-corrected chi connectivity index (χ4v) is 2.58. The first-order valence-corrected chi connectivity index (χ1v) is 7.66. The van der Waals surface area contributed by atoms with Crippen LogP contribution in [-0.4, -0.2) is 29.8 Å². The number of hydrogen-bond acceptors (Lipinski definition) is 4. The van der Waals surface area contributed by atoms with E-state index in [1.807, 2.05) is 0 Å². The number of ether oxygens (including phenoxy) is 1. The van der Waals surface area contributed by atoms with Crippen LogP contribution in [0.3, 0.4) is 0 Å². The van der Waals surface area contributed by atoms with E-state index in [0.717, 1.165) is 0 Å². The van der Waals surface area contributed by atoms with Crippen molar-refractivity contribution < 1.29 is 23.5 Å². The second kappa shape index (κ2) is 7.74. The van der Waals surface area contributed by atoms with E-state index >= 15 is 0 Å². The number of amides is 1. The van der Waals surface area contributed by atoms with Gasteiger partial charge < -0.3 is 15.0 Å². The summed E-state index contributed by atoms with van der Waals surface area (Å²) in [7, 11) is 1.23. The van der Waals surface area contributed by atoms with Crippen LogP contribution in [0.2, 0.25) is 0 Å². The lowest BCUT2D eigenvalue weighted by Gasteiger charge is -2.07. The minimum absolute atomic E-state index is 0.0261. The maximum absolute atomic E-state index is 13.6. The highest BCUT2D eigenvalue weighted by atomic mass is 19.1. The maximum atomic E-state index is 13.6. The molecule has 0 saturated heterocycles. The van der Waals surface area contributed by atoms with Crippen LogP contribution in [0, 0.1) is 12.7 Å². The Balaban J connectivity index is 2.17. The van der Waals surface area contributed by atoms with Crippen molar-refractivity contribution in [3.63, 3.8) is 0 Å². The van der Waals surface area contributed by atoms with Crippen molar-refractivity contribution in [3.05, 3.63) is 58.2 Å². The van der Waals surface area contributed by atoms with Crippen molar-refractivity contribution in [1.82, 2.24) is 10.3 Å². The van der Waals surface area contributed by atoms with Crippen LogP contribution in [0.1, 0.15) is 44.6 Å². The first-order valence-electron chi connectivity index (χ1n) is 7.66. The number of halogens is 1. The third-order valence-electron chi connectivity index (χ3n) is 3.84. The van der Waals surface area contributed by atoms with E-state index in [9.17, 15) is 18.8 Å². The summed E-state index contributed by atoms with van der Waals surface area (Å²) in [6.07, 6.45) is -0.160. The molecule has 0 radical (unpaired) electrons. The number of hydrogen-bond donors (Lipinski definition) is 2. The van der Waals surface area contributed by atoms with Gasteiger partial charge in [0.1, 0.15) is 5.82 Å². The number of carbonyl (C=O) groups is 3. The average Bonchev–Trinajstić information content (AvgIpc) is 2.90. The normalized spacial score (nSPS) is 10.4. The van der Waals surface area contributed by atoms with Crippen molar-refractivity contribution in [1.29, 1.82) is 0 Å². The first-order chi connectivity index (χ1) is 11.8. The van der Waals surface area contributed by atoms with Crippen LogP contribution in [0.4, 0.5) is 4.39 Å². The van der Waals surface area contributed by atoms with Gasteiger partial charge in [-0.3, -0.25) is 9.59 Å². The predicted molar refractivity (Wildman–Crippen MR) is 88.8 cm³/mol. The number of H-pyrrole nitrogens is 1. The molecule has 0 spiro atoms. The Bertz CT molecular complexity index is 826. The van der Waals surface area contributed by atoms with Crippen molar-refractivity contribution in [2.45, 2.75) is 26.8 Å². The maximum Gasteiger partial charge on any atom is 0.339 e. The number of carbonyl (C=O) groups excluding carboxylic acids is 3. The van der Waals surface area contributed by atoms with E-state index < -0.39 is 17.7 Å². The molecule has 0 aliphatic rings. The van der Waals surface area contributed by atoms with Crippen LogP contribution in [-0.2, 0) is 22.5 Å². The summed E-state index contributed by atoms with van der Waals surface area (Å²) in [6.45, 7) is 3.00. The lowest BCUT2D eigenvalue weighted by atomic mass is 10.1. The lowest BCUT2D eigenvalue weighted by molar-refractivity contribution is -0.120. The number of esters is 1. The van der Waals surface area contributed by atoms with Crippen molar-refractivity contribution >= 4 is 17.7 Å². The Kier molecular flexibility index (Phi) is 5.69. The smallest absolute Gasteiger partial charge is 0.339 e. The number of benzene rings is 1. The number of aromatic nitrogens is 1. The summed E-state index contributed by atoms with van der Waals surface area (Å²) in [5.74, 6) is -1.70. The Hall–Kier alpha value is -2.96. The third kappa shape index (κ3) is 4.12. The summed E-state index contributed by atoms with van der Waals surface area (Å²) < 4.78 is 18.3. The monoisotopic (exact) mass is 346 g/mol. The Labute approximate surface area is 144 Å². The Morgan fingerprint density at radius 1 is 1.24 bits per heavy atom. The fourth-order valence-electron chi connectivity index (χ4n) is 2.58. The molecule has 0 atom stereocenters. The number of rotatable bonds is 6. The summed E-state index contributed by atoms with van der Waals surface area (Å²) in [6, 6.07) is 6.12. The molecule has 0 unspecified atom stereocenters.